The molecular weight excluding hydrogens is 492 g/mol. The lowest BCUT2D eigenvalue weighted by atomic mass is 9.86. The third-order valence-corrected chi connectivity index (χ3v) is 7.25. The van der Waals surface area contributed by atoms with Crippen molar-refractivity contribution < 1.29 is 5.11 Å². The highest BCUT2D eigenvalue weighted by Crippen LogP contribution is 2.41. The van der Waals surface area contributed by atoms with Gasteiger partial charge in [-0.3, -0.25) is 0 Å². The zero-order valence-corrected chi connectivity index (χ0v) is 20.6. The van der Waals surface area contributed by atoms with Gasteiger partial charge in [-0.2, -0.15) is 0 Å². The molecule has 0 bridgehead atoms. The van der Waals surface area contributed by atoms with Gasteiger partial charge in [0, 0.05) is 33.3 Å². The number of aromatic nitrogens is 1. The molecule has 3 nitrogen and oxygen atoms in total. The van der Waals surface area contributed by atoms with Gasteiger partial charge in [0.1, 0.15) is 10.8 Å². The molecule has 0 saturated heterocycles. The predicted octanol–water partition coefficient (Wildman–Crippen LogP) is 6.49. The number of rotatable bonds is 7. The number of pyridine rings is 1. The number of thiophene rings is 1. The Morgan fingerprint density at radius 1 is 1.10 bits per heavy atom. The molecule has 4 rings (SSSR count). The van der Waals surface area contributed by atoms with Crippen LogP contribution in [0.15, 0.2) is 70.5 Å². The number of halogens is 2. The summed E-state index contributed by atoms with van der Waals surface area (Å²) in [6, 6.07) is 20.3. The van der Waals surface area contributed by atoms with Crippen molar-refractivity contribution in [2.45, 2.75) is 18.4 Å². The molecule has 0 unspecified atom stereocenters. The van der Waals surface area contributed by atoms with E-state index >= 15 is 0 Å². The van der Waals surface area contributed by atoms with Gasteiger partial charge >= 0.3 is 0 Å². The van der Waals surface area contributed by atoms with Crippen LogP contribution < -0.4 is 0 Å². The number of hydrogen-bond acceptors (Lipinski definition) is 4. The van der Waals surface area contributed by atoms with Crippen molar-refractivity contribution in [3.05, 3.63) is 97.2 Å². The first kappa shape index (κ1) is 22.4. The van der Waals surface area contributed by atoms with Gasteiger partial charge in [-0.25, -0.2) is 4.98 Å². The predicted molar refractivity (Wildman–Crippen MR) is 134 cm³/mol. The Hall–Kier alpha value is -1.76. The summed E-state index contributed by atoms with van der Waals surface area (Å²) in [5.74, 6) is 0. The molecular formula is C25H24BrClN2OS. The Balaban J connectivity index is 1.86. The second-order valence-corrected chi connectivity index (χ2v) is 10.2. The lowest BCUT2D eigenvalue weighted by Gasteiger charge is -2.30. The summed E-state index contributed by atoms with van der Waals surface area (Å²) in [7, 11) is 4.03. The molecule has 0 spiro atoms. The van der Waals surface area contributed by atoms with E-state index in [1.54, 1.807) is 11.3 Å². The molecule has 0 aliphatic heterocycles. The quantitative estimate of drug-likeness (QED) is 0.286. The summed E-state index contributed by atoms with van der Waals surface area (Å²) in [4.78, 5) is 7.77. The number of benzene rings is 2. The summed E-state index contributed by atoms with van der Waals surface area (Å²) in [6.07, 6.45) is 1.26. The molecule has 0 aliphatic carbocycles. The minimum Gasteiger partial charge on any atom is -0.379 e. The lowest BCUT2D eigenvalue weighted by molar-refractivity contribution is 0.0678. The Labute approximate surface area is 200 Å². The van der Waals surface area contributed by atoms with Crippen LogP contribution in [0, 0.1) is 0 Å². The number of aliphatic hydroxyl groups is 1. The van der Waals surface area contributed by atoms with Crippen LogP contribution in [0.2, 0.25) is 5.15 Å². The fourth-order valence-corrected chi connectivity index (χ4v) is 5.37. The van der Waals surface area contributed by atoms with Gasteiger partial charge in [0.05, 0.1) is 5.52 Å². The summed E-state index contributed by atoms with van der Waals surface area (Å²) in [5.41, 5.74) is 2.51. The first-order valence-corrected chi connectivity index (χ1v) is 12.2. The molecule has 2 heterocycles. The average molecular weight is 516 g/mol. The van der Waals surface area contributed by atoms with Crippen LogP contribution in [-0.2, 0) is 12.0 Å². The van der Waals surface area contributed by atoms with E-state index in [9.17, 15) is 5.11 Å². The minimum absolute atomic E-state index is 0.473. The highest BCUT2D eigenvalue weighted by molar-refractivity contribution is 9.10. The van der Waals surface area contributed by atoms with E-state index < -0.39 is 5.60 Å². The van der Waals surface area contributed by atoms with Gasteiger partial charge in [-0.15, -0.1) is 11.3 Å². The fourth-order valence-electron chi connectivity index (χ4n) is 3.82. The Bertz CT molecular complexity index is 1180. The Kier molecular flexibility index (Phi) is 6.80. The van der Waals surface area contributed by atoms with Gasteiger partial charge in [-0.1, -0.05) is 63.9 Å². The zero-order chi connectivity index (χ0) is 22.0. The first-order valence-electron chi connectivity index (χ1n) is 10.1. The van der Waals surface area contributed by atoms with Crippen molar-refractivity contribution in [3.8, 4) is 0 Å². The highest BCUT2D eigenvalue weighted by atomic mass is 79.9. The maximum absolute atomic E-state index is 12.0. The second kappa shape index (κ2) is 9.39. The third kappa shape index (κ3) is 4.86. The lowest BCUT2D eigenvalue weighted by Crippen LogP contribution is -2.31. The van der Waals surface area contributed by atoms with Crippen LogP contribution in [0.4, 0.5) is 0 Å². The van der Waals surface area contributed by atoms with E-state index in [-0.39, 0.29) is 0 Å². The van der Waals surface area contributed by atoms with Crippen LogP contribution in [-0.4, -0.2) is 35.6 Å². The smallest absolute Gasteiger partial charge is 0.133 e. The molecule has 31 heavy (non-hydrogen) atoms. The largest absolute Gasteiger partial charge is 0.379 e. The first-order chi connectivity index (χ1) is 14.9. The van der Waals surface area contributed by atoms with Crippen LogP contribution in [0.5, 0.6) is 0 Å². The topological polar surface area (TPSA) is 36.4 Å². The SMILES string of the molecule is CN(C)CC[C@](O)(c1cccs1)c1cc(Br)cc2cc(Cc3ccccc3)c(Cl)nc12. The molecule has 2 aromatic carbocycles. The van der Waals surface area contributed by atoms with Gasteiger partial charge in [-0.05, 0) is 61.3 Å². The van der Waals surface area contributed by atoms with Crippen molar-refractivity contribution in [2.75, 3.05) is 20.6 Å². The molecule has 4 aromatic rings. The Morgan fingerprint density at radius 2 is 1.87 bits per heavy atom. The van der Waals surface area contributed by atoms with Crippen LogP contribution >= 0.6 is 38.9 Å². The van der Waals surface area contributed by atoms with E-state index in [4.69, 9.17) is 16.6 Å². The third-order valence-electron chi connectivity index (χ3n) is 5.44. The second-order valence-electron chi connectivity index (χ2n) is 8.02. The fraction of sp³-hybridized carbons (Fsp3) is 0.240. The maximum atomic E-state index is 12.0. The molecule has 160 valence electrons. The Morgan fingerprint density at radius 3 is 2.55 bits per heavy atom. The summed E-state index contributed by atoms with van der Waals surface area (Å²) in [6.45, 7) is 0.738. The van der Waals surface area contributed by atoms with Crippen LogP contribution in [0.25, 0.3) is 10.9 Å². The van der Waals surface area contributed by atoms with Gasteiger partial charge < -0.3 is 10.0 Å². The summed E-state index contributed by atoms with van der Waals surface area (Å²) < 4.78 is 0.907. The average Bonchev–Trinajstić information content (AvgIpc) is 3.29. The van der Waals surface area contributed by atoms with Crippen molar-refractivity contribution >= 4 is 49.8 Å². The molecule has 6 heteroatoms. The number of nitrogens with zero attached hydrogens (tertiary/aromatic N) is 2. The molecule has 0 saturated carbocycles. The van der Waals surface area contributed by atoms with E-state index in [1.165, 1.54) is 5.56 Å². The van der Waals surface area contributed by atoms with Crippen LogP contribution in [0.1, 0.15) is 28.0 Å². The molecule has 0 fully saturated rings. The maximum Gasteiger partial charge on any atom is 0.133 e. The summed E-state index contributed by atoms with van der Waals surface area (Å²) in [5, 5.41) is 15.4. The zero-order valence-electron chi connectivity index (χ0n) is 17.5. The van der Waals surface area contributed by atoms with Gasteiger partial charge in [0.2, 0.25) is 0 Å². The summed E-state index contributed by atoms with van der Waals surface area (Å²) >= 11 is 11.9. The van der Waals surface area contributed by atoms with Crippen molar-refractivity contribution in [2.24, 2.45) is 0 Å². The van der Waals surface area contributed by atoms with Crippen LogP contribution in [0.3, 0.4) is 0 Å². The van der Waals surface area contributed by atoms with Gasteiger partial charge in [0.15, 0.2) is 0 Å². The molecule has 0 aliphatic rings. The van der Waals surface area contributed by atoms with Crippen molar-refractivity contribution in [1.29, 1.82) is 0 Å². The van der Waals surface area contributed by atoms with E-state index in [1.807, 2.05) is 61.9 Å². The van der Waals surface area contributed by atoms with E-state index in [2.05, 4.69) is 39.0 Å². The van der Waals surface area contributed by atoms with Gasteiger partial charge in [0.25, 0.3) is 0 Å². The van der Waals surface area contributed by atoms with Crippen molar-refractivity contribution in [1.82, 2.24) is 9.88 Å². The molecule has 1 N–H and O–H groups in total. The standard InChI is InChI=1S/C25H24BrClN2OS/c1-29(2)11-10-25(30,22-9-6-12-31-22)21-16-20(26)15-18-14-19(24(27)28-23(18)21)13-17-7-4-3-5-8-17/h3-9,12,14-16,30H,10-11,13H2,1-2H3/t25-/m1/s1. The monoisotopic (exact) mass is 514 g/mol. The minimum atomic E-state index is -1.16. The molecule has 2 aromatic heterocycles. The number of fused-ring (bicyclic) bond motifs is 1. The molecule has 0 amide bonds. The highest BCUT2D eigenvalue weighted by Gasteiger charge is 2.35. The van der Waals surface area contributed by atoms with E-state index in [0.29, 0.717) is 18.0 Å². The normalized spacial score (nSPS) is 13.6. The van der Waals surface area contributed by atoms with E-state index in [0.717, 1.165) is 37.9 Å². The molecule has 0 radical (unpaired) electrons. The number of hydrogen-bond donors (Lipinski definition) is 1. The molecule has 1 atom stereocenters. The van der Waals surface area contributed by atoms with Crippen molar-refractivity contribution in [3.63, 3.8) is 0 Å².